The van der Waals surface area contributed by atoms with E-state index in [2.05, 4.69) is 18.7 Å². The summed E-state index contributed by atoms with van der Waals surface area (Å²) in [6.07, 6.45) is 5.92. The summed E-state index contributed by atoms with van der Waals surface area (Å²) in [4.78, 5) is 2.71. The van der Waals surface area contributed by atoms with Crippen LogP contribution in [0.25, 0.3) is 0 Å². The van der Waals surface area contributed by atoms with Crippen molar-refractivity contribution in [3.05, 3.63) is 0 Å². The fourth-order valence-electron chi connectivity index (χ4n) is 2.46. The van der Waals surface area contributed by atoms with E-state index >= 15 is 0 Å². The molecular weight excluding hydrogens is 134 g/mol. The Morgan fingerprint density at radius 2 is 2.09 bits per heavy atom. The second-order valence-corrected chi connectivity index (χ2v) is 4.39. The molecule has 0 aromatic rings. The summed E-state index contributed by atoms with van der Waals surface area (Å²) < 4.78 is 0. The van der Waals surface area contributed by atoms with Gasteiger partial charge in [-0.1, -0.05) is 6.42 Å². The predicted octanol–water partition coefficient (Wildman–Crippen LogP) is 2.27. The molecule has 1 heterocycles. The van der Waals surface area contributed by atoms with Crippen LogP contribution in [0.1, 0.15) is 39.5 Å². The third-order valence-electron chi connectivity index (χ3n) is 3.22. The van der Waals surface area contributed by atoms with Crippen LogP contribution in [0, 0.1) is 5.92 Å². The highest BCUT2D eigenvalue weighted by Gasteiger charge is 2.42. The summed E-state index contributed by atoms with van der Waals surface area (Å²) in [6.45, 7) is 6.03. The Balaban J connectivity index is 1.96. The highest BCUT2D eigenvalue weighted by atomic mass is 15.2. The van der Waals surface area contributed by atoms with E-state index in [1.165, 1.54) is 32.2 Å². The second kappa shape index (κ2) is 2.78. The second-order valence-electron chi connectivity index (χ2n) is 4.39. The molecule has 0 N–H and O–H groups in total. The summed E-state index contributed by atoms with van der Waals surface area (Å²) in [6, 6.07) is 1.76. The maximum Gasteiger partial charge on any atom is 0.0130 e. The lowest BCUT2D eigenvalue weighted by atomic mass is 10.2. The first-order valence-corrected chi connectivity index (χ1v) is 5.05. The lowest BCUT2D eigenvalue weighted by molar-refractivity contribution is 0.210. The van der Waals surface area contributed by atoms with Crippen molar-refractivity contribution in [3.63, 3.8) is 0 Å². The van der Waals surface area contributed by atoms with Crippen LogP contribution < -0.4 is 0 Å². The number of hydrogen-bond donors (Lipinski definition) is 0. The fourth-order valence-corrected chi connectivity index (χ4v) is 2.46. The first-order chi connectivity index (χ1) is 5.29. The highest BCUT2D eigenvalue weighted by Crippen LogP contribution is 2.42. The summed E-state index contributed by atoms with van der Waals surface area (Å²) >= 11 is 0. The predicted molar refractivity (Wildman–Crippen MR) is 47.6 cm³/mol. The number of fused-ring (bicyclic) bond motifs is 1. The van der Waals surface area contributed by atoms with Crippen LogP contribution in [-0.2, 0) is 0 Å². The number of nitrogens with zero attached hydrogens (tertiary/aromatic N) is 1. The van der Waals surface area contributed by atoms with Crippen LogP contribution >= 0.6 is 0 Å². The first-order valence-electron chi connectivity index (χ1n) is 5.05. The van der Waals surface area contributed by atoms with Gasteiger partial charge in [0.1, 0.15) is 0 Å². The van der Waals surface area contributed by atoms with Crippen LogP contribution in [0.2, 0.25) is 0 Å². The average molecular weight is 153 g/mol. The molecule has 0 aromatic heterocycles. The van der Waals surface area contributed by atoms with Crippen LogP contribution in [-0.4, -0.2) is 23.5 Å². The highest BCUT2D eigenvalue weighted by molar-refractivity contribution is 4.97. The zero-order valence-electron chi connectivity index (χ0n) is 7.71. The van der Waals surface area contributed by atoms with Crippen molar-refractivity contribution in [2.45, 2.75) is 51.6 Å². The monoisotopic (exact) mass is 153 g/mol. The van der Waals surface area contributed by atoms with Crippen molar-refractivity contribution >= 4 is 0 Å². The molecule has 1 saturated heterocycles. The maximum absolute atomic E-state index is 2.71. The first kappa shape index (κ1) is 7.60. The molecule has 2 unspecified atom stereocenters. The minimum Gasteiger partial charge on any atom is -0.298 e. The maximum atomic E-state index is 2.71. The molecule has 0 spiro atoms. The average Bonchev–Trinajstić information content (AvgIpc) is 2.60. The van der Waals surface area contributed by atoms with Gasteiger partial charge in [0.15, 0.2) is 0 Å². The van der Waals surface area contributed by atoms with Gasteiger partial charge < -0.3 is 0 Å². The van der Waals surface area contributed by atoms with Crippen molar-refractivity contribution in [3.8, 4) is 0 Å². The molecule has 2 fully saturated rings. The van der Waals surface area contributed by atoms with Gasteiger partial charge in [0, 0.05) is 12.1 Å². The Hall–Kier alpha value is -0.0400. The minimum atomic E-state index is 0.781. The number of rotatable bonds is 1. The molecule has 1 aliphatic heterocycles. The Kier molecular flexibility index (Phi) is 1.92. The van der Waals surface area contributed by atoms with Crippen molar-refractivity contribution in [1.82, 2.24) is 4.90 Å². The van der Waals surface area contributed by atoms with Gasteiger partial charge in [-0.25, -0.2) is 0 Å². The van der Waals surface area contributed by atoms with Crippen molar-refractivity contribution in [2.24, 2.45) is 5.92 Å². The molecule has 0 aromatic carbocycles. The molecule has 11 heavy (non-hydrogen) atoms. The van der Waals surface area contributed by atoms with Crippen LogP contribution in [0.15, 0.2) is 0 Å². The Morgan fingerprint density at radius 1 is 1.27 bits per heavy atom. The molecule has 1 aliphatic carbocycles. The van der Waals surface area contributed by atoms with Crippen LogP contribution in [0.5, 0.6) is 0 Å². The normalized spacial score (nSPS) is 38.5. The Labute approximate surface area is 69.8 Å². The SMILES string of the molecule is CC(C)N1CCCCC2CC21. The molecule has 1 heteroatoms. The summed E-state index contributed by atoms with van der Waals surface area (Å²) in [5.74, 6) is 1.08. The third-order valence-corrected chi connectivity index (χ3v) is 3.22. The van der Waals surface area contributed by atoms with Crippen molar-refractivity contribution in [1.29, 1.82) is 0 Å². The quantitative estimate of drug-likeness (QED) is 0.558. The van der Waals surface area contributed by atoms with E-state index in [1.807, 2.05) is 0 Å². The zero-order chi connectivity index (χ0) is 7.84. The summed E-state index contributed by atoms with van der Waals surface area (Å²) in [5.41, 5.74) is 0. The molecule has 2 atom stereocenters. The van der Waals surface area contributed by atoms with Gasteiger partial charge in [0.2, 0.25) is 0 Å². The molecule has 1 saturated carbocycles. The summed E-state index contributed by atoms with van der Waals surface area (Å²) in [5, 5.41) is 0. The van der Waals surface area contributed by atoms with E-state index in [-0.39, 0.29) is 0 Å². The zero-order valence-corrected chi connectivity index (χ0v) is 7.71. The number of hydrogen-bond acceptors (Lipinski definition) is 1. The van der Waals surface area contributed by atoms with Gasteiger partial charge in [-0.05, 0) is 45.6 Å². The van der Waals surface area contributed by atoms with Gasteiger partial charge in [-0.3, -0.25) is 4.90 Å². The molecule has 1 nitrogen and oxygen atoms in total. The Morgan fingerprint density at radius 3 is 2.82 bits per heavy atom. The summed E-state index contributed by atoms with van der Waals surface area (Å²) in [7, 11) is 0. The van der Waals surface area contributed by atoms with E-state index in [9.17, 15) is 0 Å². The molecular formula is C10H19N. The topological polar surface area (TPSA) is 3.24 Å². The standard InChI is InChI=1S/C10H19N/c1-8(2)11-6-4-3-5-9-7-10(9)11/h8-10H,3-7H2,1-2H3. The van der Waals surface area contributed by atoms with E-state index < -0.39 is 0 Å². The van der Waals surface area contributed by atoms with Gasteiger partial charge in [-0.15, -0.1) is 0 Å². The molecule has 2 rings (SSSR count). The number of likely N-dealkylation sites (tertiary alicyclic amines) is 1. The van der Waals surface area contributed by atoms with Crippen molar-refractivity contribution in [2.75, 3.05) is 6.54 Å². The lowest BCUT2D eigenvalue weighted by Gasteiger charge is -2.25. The fraction of sp³-hybridized carbons (Fsp3) is 1.00. The lowest BCUT2D eigenvalue weighted by Crippen LogP contribution is -2.33. The minimum absolute atomic E-state index is 0.781. The van der Waals surface area contributed by atoms with E-state index in [0.717, 1.165) is 18.0 Å². The molecule has 0 radical (unpaired) electrons. The van der Waals surface area contributed by atoms with Gasteiger partial charge in [0.05, 0.1) is 0 Å². The van der Waals surface area contributed by atoms with Gasteiger partial charge in [0.25, 0.3) is 0 Å². The molecule has 0 bridgehead atoms. The van der Waals surface area contributed by atoms with Crippen LogP contribution in [0.4, 0.5) is 0 Å². The van der Waals surface area contributed by atoms with E-state index in [4.69, 9.17) is 0 Å². The largest absolute Gasteiger partial charge is 0.298 e. The van der Waals surface area contributed by atoms with Gasteiger partial charge >= 0.3 is 0 Å². The van der Waals surface area contributed by atoms with E-state index in [0.29, 0.717) is 0 Å². The van der Waals surface area contributed by atoms with Gasteiger partial charge in [-0.2, -0.15) is 0 Å². The van der Waals surface area contributed by atoms with Crippen LogP contribution in [0.3, 0.4) is 0 Å². The van der Waals surface area contributed by atoms with Crippen molar-refractivity contribution < 1.29 is 0 Å². The Bertz CT molecular complexity index is 142. The molecule has 64 valence electrons. The molecule has 2 aliphatic rings. The van der Waals surface area contributed by atoms with E-state index in [1.54, 1.807) is 0 Å². The molecule has 0 amide bonds. The third kappa shape index (κ3) is 1.44. The smallest absolute Gasteiger partial charge is 0.0130 e.